The third-order valence-corrected chi connectivity index (χ3v) is 3.68. The van der Waals surface area contributed by atoms with E-state index in [2.05, 4.69) is 10.4 Å². The number of nitrogens with zero attached hydrogens (tertiary/aromatic N) is 2. The fraction of sp³-hybridized carbons (Fsp3) is 0.692. The predicted molar refractivity (Wildman–Crippen MR) is 84.4 cm³/mol. The summed E-state index contributed by atoms with van der Waals surface area (Å²) >= 11 is 0. The summed E-state index contributed by atoms with van der Waals surface area (Å²) in [5.74, 6) is 0.518. The van der Waals surface area contributed by atoms with Gasteiger partial charge >= 0.3 is 0 Å². The van der Waals surface area contributed by atoms with Gasteiger partial charge in [-0.1, -0.05) is 12.8 Å². The first-order chi connectivity index (χ1) is 8.69. The second-order valence-electron chi connectivity index (χ2n) is 5.15. The Kier molecular flexibility index (Phi) is 8.85. The monoisotopic (exact) mass is 322 g/mol. The molecule has 1 saturated carbocycles. The number of amides is 1. The Labute approximate surface area is 132 Å². The number of carbonyl (C=O) groups is 1. The Morgan fingerprint density at radius 1 is 1.45 bits per heavy atom. The van der Waals surface area contributed by atoms with Crippen molar-refractivity contribution in [1.29, 1.82) is 0 Å². The summed E-state index contributed by atoms with van der Waals surface area (Å²) in [5, 5.41) is 7.19. The normalized spacial score (nSPS) is 21.5. The van der Waals surface area contributed by atoms with Crippen molar-refractivity contribution < 1.29 is 4.79 Å². The van der Waals surface area contributed by atoms with Crippen LogP contribution in [-0.2, 0) is 18.3 Å². The van der Waals surface area contributed by atoms with E-state index in [-0.39, 0.29) is 36.8 Å². The van der Waals surface area contributed by atoms with Crippen molar-refractivity contribution in [2.75, 3.05) is 6.54 Å². The van der Waals surface area contributed by atoms with E-state index in [0.29, 0.717) is 18.9 Å². The molecule has 0 aromatic carbocycles. The minimum Gasteiger partial charge on any atom is -0.353 e. The Bertz CT molecular complexity index is 411. The summed E-state index contributed by atoms with van der Waals surface area (Å²) in [5.41, 5.74) is 6.71. The molecule has 116 valence electrons. The molecule has 1 fully saturated rings. The number of hydrogen-bond donors (Lipinski definition) is 2. The number of aryl methyl sites for hydroxylation is 1. The number of carbonyl (C=O) groups excluding carboxylic acids is 1. The van der Waals surface area contributed by atoms with Crippen molar-refractivity contribution in [3.8, 4) is 0 Å². The van der Waals surface area contributed by atoms with E-state index in [9.17, 15) is 4.79 Å². The van der Waals surface area contributed by atoms with Crippen molar-refractivity contribution in [1.82, 2.24) is 15.1 Å². The van der Waals surface area contributed by atoms with E-state index < -0.39 is 0 Å². The van der Waals surface area contributed by atoms with Gasteiger partial charge in [-0.2, -0.15) is 5.10 Å². The molecule has 20 heavy (non-hydrogen) atoms. The number of halogens is 2. The molecule has 0 aliphatic heterocycles. The number of aromatic nitrogens is 2. The van der Waals surface area contributed by atoms with E-state index in [0.717, 1.165) is 18.4 Å². The molecule has 3 N–H and O–H groups in total. The topological polar surface area (TPSA) is 72.9 Å². The zero-order chi connectivity index (χ0) is 13.0. The average molecular weight is 323 g/mol. The van der Waals surface area contributed by atoms with E-state index in [4.69, 9.17) is 5.73 Å². The number of rotatable bonds is 4. The van der Waals surface area contributed by atoms with Gasteiger partial charge in [-0.25, -0.2) is 0 Å². The molecule has 2 rings (SSSR count). The molecule has 2 atom stereocenters. The van der Waals surface area contributed by atoms with Gasteiger partial charge in [-0.3, -0.25) is 9.48 Å². The lowest BCUT2D eigenvalue weighted by Crippen LogP contribution is -2.45. The molecule has 2 unspecified atom stereocenters. The van der Waals surface area contributed by atoms with Crippen LogP contribution in [0.15, 0.2) is 12.4 Å². The van der Waals surface area contributed by atoms with Crippen LogP contribution in [0.3, 0.4) is 0 Å². The maximum absolute atomic E-state index is 12.0. The molecule has 1 aliphatic rings. The lowest BCUT2D eigenvalue weighted by molar-refractivity contribution is -0.121. The standard InChI is InChI=1S/C13H22N4O.2ClH/c1-17-9-10(8-15-17)6-13(18)16-12-5-3-2-4-11(12)7-14;;/h8-9,11-12H,2-7,14H2,1H3,(H,16,18);2*1H. The van der Waals surface area contributed by atoms with E-state index in [1.54, 1.807) is 10.9 Å². The van der Waals surface area contributed by atoms with Crippen molar-refractivity contribution in [3.63, 3.8) is 0 Å². The molecule has 0 radical (unpaired) electrons. The van der Waals surface area contributed by atoms with Crippen molar-refractivity contribution in [2.24, 2.45) is 18.7 Å². The minimum atomic E-state index is 0. The van der Waals surface area contributed by atoms with Gasteiger partial charge in [-0.15, -0.1) is 24.8 Å². The second kappa shape index (κ2) is 9.21. The number of nitrogens with one attached hydrogen (secondary N) is 1. The van der Waals surface area contributed by atoms with Crippen molar-refractivity contribution >= 4 is 30.7 Å². The zero-order valence-corrected chi connectivity index (χ0v) is 13.4. The largest absolute Gasteiger partial charge is 0.353 e. The maximum atomic E-state index is 12.0. The zero-order valence-electron chi connectivity index (χ0n) is 11.7. The van der Waals surface area contributed by atoms with Gasteiger partial charge in [0, 0.05) is 19.3 Å². The highest BCUT2D eigenvalue weighted by atomic mass is 35.5. The highest BCUT2D eigenvalue weighted by Crippen LogP contribution is 2.23. The van der Waals surface area contributed by atoms with Crippen LogP contribution in [0, 0.1) is 5.92 Å². The van der Waals surface area contributed by atoms with Crippen LogP contribution in [0.4, 0.5) is 0 Å². The van der Waals surface area contributed by atoms with Gasteiger partial charge in [0.2, 0.25) is 5.91 Å². The van der Waals surface area contributed by atoms with Crippen LogP contribution in [0.5, 0.6) is 0 Å². The summed E-state index contributed by atoms with van der Waals surface area (Å²) in [6.07, 6.45) is 8.63. The lowest BCUT2D eigenvalue weighted by atomic mass is 9.84. The summed E-state index contributed by atoms with van der Waals surface area (Å²) in [6, 6.07) is 0.257. The van der Waals surface area contributed by atoms with Gasteiger partial charge in [0.05, 0.1) is 12.6 Å². The van der Waals surface area contributed by atoms with Gasteiger partial charge in [0.1, 0.15) is 0 Å². The van der Waals surface area contributed by atoms with Crippen molar-refractivity contribution in [3.05, 3.63) is 18.0 Å². The van der Waals surface area contributed by atoms with Crippen LogP contribution < -0.4 is 11.1 Å². The highest BCUT2D eigenvalue weighted by Gasteiger charge is 2.25. The molecule has 1 heterocycles. The summed E-state index contributed by atoms with van der Waals surface area (Å²) in [4.78, 5) is 12.0. The van der Waals surface area contributed by atoms with Crippen molar-refractivity contribution in [2.45, 2.75) is 38.1 Å². The summed E-state index contributed by atoms with van der Waals surface area (Å²) in [6.45, 7) is 0.665. The third-order valence-electron chi connectivity index (χ3n) is 3.68. The summed E-state index contributed by atoms with van der Waals surface area (Å²) in [7, 11) is 1.85. The average Bonchev–Trinajstić information content (AvgIpc) is 2.75. The van der Waals surface area contributed by atoms with Crippen LogP contribution >= 0.6 is 24.8 Å². The van der Waals surface area contributed by atoms with Crippen LogP contribution in [0.1, 0.15) is 31.2 Å². The van der Waals surface area contributed by atoms with E-state index >= 15 is 0 Å². The second-order valence-corrected chi connectivity index (χ2v) is 5.15. The van der Waals surface area contributed by atoms with Crippen LogP contribution in [0.2, 0.25) is 0 Å². The third kappa shape index (κ3) is 5.31. The first-order valence-corrected chi connectivity index (χ1v) is 6.66. The Morgan fingerprint density at radius 2 is 2.15 bits per heavy atom. The minimum absolute atomic E-state index is 0. The molecule has 1 aromatic heterocycles. The molecule has 7 heteroatoms. The van der Waals surface area contributed by atoms with Gasteiger partial charge in [-0.05, 0) is 30.9 Å². The Balaban J connectivity index is 0.00000180. The fourth-order valence-corrected chi connectivity index (χ4v) is 2.69. The fourth-order valence-electron chi connectivity index (χ4n) is 2.69. The van der Waals surface area contributed by atoms with Crippen LogP contribution in [-0.4, -0.2) is 28.3 Å². The summed E-state index contributed by atoms with van der Waals surface area (Å²) < 4.78 is 1.71. The first-order valence-electron chi connectivity index (χ1n) is 6.66. The van der Waals surface area contributed by atoms with Gasteiger partial charge in [0.15, 0.2) is 0 Å². The van der Waals surface area contributed by atoms with Gasteiger partial charge < -0.3 is 11.1 Å². The van der Waals surface area contributed by atoms with Crippen LogP contribution in [0.25, 0.3) is 0 Å². The van der Waals surface area contributed by atoms with E-state index in [1.165, 1.54) is 12.8 Å². The maximum Gasteiger partial charge on any atom is 0.224 e. The Morgan fingerprint density at radius 3 is 2.75 bits per heavy atom. The number of hydrogen-bond acceptors (Lipinski definition) is 3. The predicted octanol–water partition coefficient (Wildman–Crippen LogP) is 1.44. The van der Waals surface area contributed by atoms with E-state index in [1.807, 2.05) is 13.2 Å². The first kappa shape index (κ1) is 19.2. The highest BCUT2D eigenvalue weighted by molar-refractivity contribution is 5.85. The Hall–Kier alpha value is -0.780. The molecule has 0 bridgehead atoms. The molecule has 1 amide bonds. The molecular formula is C13H24Cl2N4O. The quantitative estimate of drug-likeness (QED) is 0.881. The molecule has 0 saturated heterocycles. The number of nitrogens with two attached hydrogens (primary N) is 1. The molecule has 0 spiro atoms. The molecule has 5 nitrogen and oxygen atoms in total. The molecule has 1 aromatic rings. The van der Waals surface area contributed by atoms with Gasteiger partial charge in [0.25, 0.3) is 0 Å². The molecular weight excluding hydrogens is 299 g/mol. The lowest BCUT2D eigenvalue weighted by Gasteiger charge is -2.31. The smallest absolute Gasteiger partial charge is 0.224 e. The molecule has 1 aliphatic carbocycles. The SMILES string of the molecule is Cl.Cl.Cn1cc(CC(=O)NC2CCCCC2CN)cn1.